The zero-order chi connectivity index (χ0) is 13.3. The van der Waals surface area contributed by atoms with E-state index in [9.17, 15) is 0 Å². The molecule has 0 bridgehead atoms. The zero-order valence-electron chi connectivity index (χ0n) is 10.1. The molecule has 1 aromatic heterocycles. The Morgan fingerprint density at radius 2 is 2.17 bits per heavy atom. The molecule has 0 aliphatic rings. The Morgan fingerprint density at radius 3 is 2.67 bits per heavy atom. The maximum absolute atomic E-state index is 6.21. The fourth-order valence-corrected chi connectivity index (χ4v) is 2.07. The molecule has 2 aromatic rings. The molecule has 0 fully saturated rings. The molecule has 18 heavy (non-hydrogen) atoms. The predicted octanol–water partition coefficient (Wildman–Crippen LogP) is 2.23. The van der Waals surface area contributed by atoms with E-state index < -0.39 is 0 Å². The summed E-state index contributed by atoms with van der Waals surface area (Å²) in [6.45, 7) is 4.36. The molecule has 6 heteroatoms. The van der Waals surface area contributed by atoms with Crippen molar-refractivity contribution in [2.24, 2.45) is 5.73 Å². The first-order chi connectivity index (χ1) is 8.47. The van der Waals surface area contributed by atoms with Gasteiger partial charge in [-0.05, 0) is 25.5 Å². The van der Waals surface area contributed by atoms with Gasteiger partial charge in [0.2, 0.25) is 0 Å². The second kappa shape index (κ2) is 5.04. The summed E-state index contributed by atoms with van der Waals surface area (Å²) in [5.74, 6) is 1.62. The van der Waals surface area contributed by atoms with Crippen molar-refractivity contribution in [2.75, 3.05) is 0 Å². The van der Waals surface area contributed by atoms with Crippen LogP contribution in [0.4, 0.5) is 0 Å². The minimum absolute atomic E-state index is 0.344. The number of rotatable bonds is 3. The molecule has 0 unspecified atom stereocenters. The summed E-state index contributed by atoms with van der Waals surface area (Å²) in [6, 6.07) is 5.55. The van der Waals surface area contributed by atoms with E-state index in [0.29, 0.717) is 16.6 Å². The van der Waals surface area contributed by atoms with Crippen molar-refractivity contribution in [1.82, 2.24) is 14.8 Å². The van der Waals surface area contributed by atoms with Gasteiger partial charge in [-0.2, -0.15) is 5.10 Å². The number of hydrogen-bond donors (Lipinski definition) is 1. The highest BCUT2D eigenvalue weighted by Crippen LogP contribution is 2.19. The zero-order valence-corrected chi connectivity index (χ0v) is 11.7. The highest BCUT2D eigenvalue weighted by molar-refractivity contribution is 7.80. The maximum atomic E-state index is 6.21. The van der Waals surface area contributed by atoms with E-state index in [4.69, 9.17) is 29.6 Å². The molecule has 0 saturated heterocycles. The first-order valence-corrected chi connectivity index (χ1v) is 6.22. The summed E-state index contributed by atoms with van der Waals surface area (Å²) >= 11 is 11.1. The van der Waals surface area contributed by atoms with Crippen LogP contribution in [0.25, 0.3) is 0 Å². The number of nitrogens with two attached hydrogens (primary N) is 1. The van der Waals surface area contributed by atoms with Crippen LogP contribution in [0.3, 0.4) is 0 Å². The van der Waals surface area contributed by atoms with E-state index >= 15 is 0 Å². The van der Waals surface area contributed by atoms with Crippen LogP contribution < -0.4 is 5.73 Å². The van der Waals surface area contributed by atoms with Gasteiger partial charge in [0.1, 0.15) is 16.6 Å². The van der Waals surface area contributed by atoms with E-state index in [2.05, 4.69) is 10.1 Å². The predicted molar refractivity (Wildman–Crippen MR) is 75.9 cm³/mol. The smallest absolute Gasteiger partial charge is 0.147 e. The van der Waals surface area contributed by atoms with Gasteiger partial charge >= 0.3 is 0 Å². The largest absolute Gasteiger partial charge is 0.389 e. The van der Waals surface area contributed by atoms with Crippen molar-refractivity contribution < 1.29 is 0 Å². The Labute approximate surface area is 116 Å². The molecule has 2 N–H and O–H groups in total. The number of aromatic nitrogens is 3. The highest BCUT2D eigenvalue weighted by Gasteiger charge is 2.08. The number of halogens is 1. The first kappa shape index (κ1) is 13.0. The van der Waals surface area contributed by atoms with E-state index in [-0.39, 0.29) is 0 Å². The molecule has 0 aliphatic carbocycles. The van der Waals surface area contributed by atoms with Gasteiger partial charge in [-0.3, -0.25) is 0 Å². The Hall–Kier alpha value is -1.46. The van der Waals surface area contributed by atoms with Crippen LogP contribution in [-0.2, 0) is 6.54 Å². The number of hydrogen-bond acceptors (Lipinski definition) is 3. The van der Waals surface area contributed by atoms with Gasteiger partial charge < -0.3 is 5.73 Å². The van der Waals surface area contributed by atoms with Crippen LogP contribution >= 0.6 is 23.8 Å². The third-order valence-corrected chi connectivity index (χ3v) is 3.21. The number of nitrogens with zero attached hydrogens (tertiary/aromatic N) is 3. The fourth-order valence-electron chi connectivity index (χ4n) is 1.70. The van der Waals surface area contributed by atoms with Crippen LogP contribution in [-0.4, -0.2) is 19.8 Å². The summed E-state index contributed by atoms with van der Waals surface area (Å²) < 4.78 is 1.82. The van der Waals surface area contributed by atoms with Crippen molar-refractivity contribution >= 4 is 28.8 Å². The van der Waals surface area contributed by atoms with Gasteiger partial charge in [-0.1, -0.05) is 36.0 Å². The van der Waals surface area contributed by atoms with Gasteiger partial charge in [-0.25, -0.2) is 9.67 Å². The number of aryl methyl sites for hydroxylation is 2. The van der Waals surface area contributed by atoms with Crippen molar-refractivity contribution in [3.05, 3.63) is 46.0 Å². The molecule has 0 atom stereocenters. The van der Waals surface area contributed by atoms with Crippen LogP contribution in [0.1, 0.15) is 22.8 Å². The Kier molecular flexibility index (Phi) is 3.63. The fraction of sp³-hybridized carbons (Fsp3) is 0.250. The van der Waals surface area contributed by atoms with Gasteiger partial charge in [0.05, 0.1) is 6.54 Å². The summed E-state index contributed by atoms with van der Waals surface area (Å²) in [7, 11) is 0. The van der Waals surface area contributed by atoms with Gasteiger partial charge in [-0.15, -0.1) is 0 Å². The third-order valence-electron chi connectivity index (χ3n) is 2.62. The first-order valence-electron chi connectivity index (χ1n) is 5.43. The summed E-state index contributed by atoms with van der Waals surface area (Å²) in [5.41, 5.74) is 7.29. The van der Waals surface area contributed by atoms with E-state index in [1.165, 1.54) is 0 Å². The van der Waals surface area contributed by atoms with Gasteiger partial charge in [0, 0.05) is 10.6 Å². The minimum atomic E-state index is 0.344. The molecule has 0 saturated carbocycles. The maximum Gasteiger partial charge on any atom is 0.147 e. The van der Waals surface area contributed by atoms with Crippen molar-refractivity contribution in [1.29, 1.82) is 0 Å². The standard InChI is InChI=1S/C12H13ClN4S/c1-7-15-8(2)17(16-7)6-10-4-3-9(12(14)18)5-11(10)13/h3-5H,6H2,1-2H3,(H2,14,18). The lowest BCUT2D eigenvalue weighted by molar-refractivity contribution is 0.656. The molecule has 0 amide bonds. The third kappa shape index (κ3) is 2.68. The molecule has 0 spiro atoms. The molecule has 1 aromatic carbocycles. The van der Waals surface area contributed by atoms with E-state index in [1.54, 1.807) is 6.07 Å². The Bertz CT molecular complexity index is 606. The molecular formula is C12H13ClN4S. The monoisotopic (exact) mass is 280 g/mol. The van der Waals surface area contributed by atoms with Crippen molar-refractivity contribution in [3.63, 3.8) is 0 Å². The molecule has 0 radical (unpaired) electrons. The van der Waals surface area contributed by atoms with E-state index in [0.717, 1.165) is 22.8 Å². The molecule has 1 heterocycles. The average Bonchev–Trinajstić information content (AvgIpc) is 2.60. The second-order valence-corrected chi connectivity index (χ2v) is 4.88. The molecule has 4 nitrogen and oxygen atoms in total. The lowest BCUT2D eigenvalue weighted by Gasteiger charge is -2.07. The van der Waals surface area contributed by atoms with Crippen LogP contribution in [0, 0.1) is 13.8 Å². The highest BCUT2D eigenvalue weighted by atomic mass is 35.5. The molecule has 0 aliphatic heterocycles. The second-order valence-electron chi connectivity index (χ2n) is 4.03. The van der Waals surface area contributed by atoms with Gasteiger partial charge in [0.15, 0.2) is 0 Å². The SMILES string of the molecule is Cc1nc(C)n(Cc2ccc(C(N)=S)cc2Cl)n1. The topological polar surface area (TPSA) is 56.7 Å². The summed E-state index contributed by atoms with van der Waals surface area (Å²) in [4.78, 5) is 4.59. The lowest BCUT2D eigenvalue weighted by atomic mass is 10.1. The molecular weight excluding hydrogens is 268 g/mol. The number of thiocarbonyl (C=S) groups is 1. The lowest BCUT2D eigenvalue weighted by Crippen LogP contribution is -2.10. The quantitative estimate of drug-likeness (QED) is 0.876. The van der Waals surface area contributed by atoms with Crippen molar-refractivity contribution in [3.8, 4) is 0 Å². The van der Waals surface area contributed by atoms with Crippen molar-refractivity contribution in [2.45, 2.75) is 20.4 Å². The number of benzene rings is 1. The van der Waals surface area contributed by atoms with Crippen LogP contribution in [0.5, 0.6) is 0 Å². The Balaban J connectivity index is 2.30. The van der Waals surface area contributed by atoms with Crippen LogP contribution in [0.15, 0.2) is 18.2 Å². The normalized spacial score (nSPS) is 10.6. The summed E-state index contributed by atoms with van der Waals surface area (Å²) in [6.07, 6.45) is 0. The average molecular weight is 281 g/mol. The summed E-state index contributed by atoms with van der Waals surface area (Å²) in [5, 5.41) is 4.93. The molecule has 2 rings (SSSR count). The molecule has 94 valence electrons. The van der Waals surface area contributed by atoms with Crippen LogP contribution in [0.2, 0.25) is 5.02 Å². The Morgan fingerprint density at radius 1 is 1.44 bits per heavy atom. The van der Waals surface area contributed by atoms with Gasteiger partial charge in [0.25, 0.3) is 0 Å². The van der Waals surface area contributed by atoms with E-state index in [1.807, 2.05) is 30.7 Å². The minimum Gasteiger partial charge on any atom is -0.389 e.